The highest BCUT2D eigenvalue weighted by molar-refractivity contribution is 6.30. The van der Waals surface area contributed by atoms with Crippen molar-refractivity contribution in [2.75, 3.05) is 13.7 Å². The number of halogens is 1. The maximum Gasteiger partial charge on any atom is 0.166 e. The molecule has 0 unspecified atom stereocenters. The molecule has 3 nitrogen and oxygen atoms in total. The summed E-state index contributed by atoms with van der Waals surface area (Å²) in [5, 5.41) is 4.24. The highest BCUT2D eigenvalue weighted by Crippen LogP contribution is 2.32. The van der Waals surface area contributed by atoms with E-state index >= 15 is 0 Å². The number of methoxy groups -OCH3 is 1. The van der Waals surface area contributed by atoms with Crippen LogP contribution < -0.4 is 14.8 Å². The Balaban J connectivity index is 1.91. The molecule has 0 aliphatic carbocycles. The van der Waals surface area contributed by atoms with Crippen LogP contribution in [0.3, 0.4) is 0 Å². The molecule has 0 bridgehead atoms. The minimum Gasteiger partial charge on any atom is -0.493 e. The fourth-order valence-electron chi connectivity index (χ4n) is 2.88. The predicted molar refractivity (Wildman–Crippen MR) is 109 cm³/mol. The second kappa shape index (κ2) is 11.8. The average Bonchev–Trinajstić information content (AvgIpc) is 2.66. The van der Waals surface area contributed by atoms with Gasteiger partial charge in [0.25, 0.3) is 0 Å². The van der Waals surface area contributed by atoms with Crippen molar-refractivity contribution in [2.45, 2.75) is 52.2 Å². The molecule has 0 aliphatic rings. The van der Waals surface area contributed by atoms with E-state index in [1.807, 2.05) is 36.4 Å². The summed E-state index contributed by atoms with van der Waals surface area (Å²) in [6.07, 6.45) is 6.44. The van der Waals surface area contributed by atoms with Crippen molar-refractivity contribution in [3.8, 4) is 11.5 Å². The Bertz CT molecular complexity index is 660. The summed E-state index contributed by atoms with van der Waals surface area (Å²) in [5.74, 6) is 1.56. The Hall–Kier alpha value is -1.71. The van der Waals surface area contributed by atoms with E-state index in [1.54, 1.807) is 7.11 Å². The largest absolute Gasteiger partial charge is 0.493 e. The van der Waals surface area contributed by atoms with Gasteiger partial charge in [0.2, 0.25) is 0 Å². The van der Waals surface area contributed by atoms with Crippen LogP contribution in [0.4, 0.5) is 0 Å². The van der Waals surface area contributed by atoms with Crippen LogP contribution in [0.2, 0.25) is 5.02 Å². The first-order valence-electron chi connectivity index (χ1n) is 9.48. The van der Waals surface area contributed by atoms with Gasteiger partial charge in [-0.15, -0.1) is 0 Å². The number of para-hydroxylation sites is 1. The molecule has 26 heavy (non-hydrogen) atoms. The van der Waals surface area contributed by atoms with Gasteiger partial charge in [-0.25, -0.2) is 0 Å². The first kappa shape index (κ1) is 20.6. The predicted octanol–water partition coefficient (Wildman–Crippen LogP) is 5.99. The fourth-order valence-corrected chi connectivity index (χ4v) is 3.10. The third-order valence-corrected chi connectivity index (χ3v) is 4.56. The van der Waals surface area contributed by atoms with Gasteiger partial charge >= 0.3 is 0 Å². The van der Waals surface area contributed by atoms with Crippen molar-refractivity contribution in [3.63, 3.8) is 0 Å². The molecule has 2 aromatic carbocycles. The van der Waals surface area contributed by atoms with E-state index in [9.17, 15) is 0 Å². The number of unbranched alkanes of at least 4 members (excludes halogenated alkanes) is 4. The Morgan fingerprint density at radius 1 is 1.00 bits per heavy atom. The summed E-state index contributed by atoms with van der Waals surface area (Å²) in [7, 11) is 1.67. The number of ether oxygens (including phenoxy) is 2. The Kier molecular flexibility index (Phi) is 9.36. The molecule has 1 N–H and O–H groups in total. The van der Waals surface area contributed by atoms with E-state index in [0.29, 0.717) is 6.61 Å². The molecule has 0 atom stereocenters. The lowest BCUT2D eigenvalue weighted by Crippen LogP contribution is -2.15. The quantitative estimate of drug-likeness (QED) is 0.462. The Labute approximate surface area is 162 Å². The molecule has 142 valence electrons. The van der Waals surface area contributed by atoms with E-state index in [1.165, 1.54) is 32.1 Å². The summed E-state index contributed by atoms with van der Waals surface area (Å²) in [6, 6.07) is 13.7. The van der Waals surface area contributed by atoms with Crippen LogP contribution in [0, 0.1) is 0 Å². The molecular weight excluding hydrogens is 346 g/mol. The zero-order valence-electron chi connectivity index (χ0n) is 15.9. The smallest absolute Gasteiger partial charge is 0.166 e. The minimum atomic E-state index is 0.463. The van der Waals surface area contributed by atoms with Gasteiger partial charge in [-0.2, -0.15) is 0 Å². The first-order valence-corrected chi connectivity index (χ1v) is 9.86. The highest BCUT2D eigenvalue weighted by Gasteiger charge is 2.11. The van der Waals surface area contributed by atoms with Crippen LogP contribution in [0.5, 0.6) is 11.5 Å². The van der Waals surface area contributed by atoms with Crippen LogP contribution >= 0.6 is 11.6 Å². The second-order valence-corrected chi connectivity index (χ2v) is 6.89. The van der Waals surface area contributed by atoms with Crippen LogP contribution in [-0.4, -0.2) is 13.7 Å². The van der Waals surface area contributed by atoms with Crippen LogP contribution in [0.1, 0.15) is 50.2 Å². The normalized spacial score (nSPS) is 10.7. The molecule has 0 radical (unpaired) electrons. The molecule has 0 aliphatic heterocycles. The topological polar surface area (TPSA) is 30.5 Å². The summed E-state index contributed by atoms with van der Waals surface area (Å²) < 4.78 is 11.6. The van der Waals surface area contributed by atoms with Crippen molar-refractivity contribution in [2.24, 2.45) is 0 Å². The zero-order valence-corrected chi connectivity index (χ0v) is 16.6. The van der Waals surface area contributed by atoms with Crippen molar-refractivity contribution >= 4 is 11.6 Å². The summed E-state index contributed by atoms with van der Waals surface area (Å²) in [5.41, 5.74) is 2.15. The average molecular weight is 376 g/mol. The number of rotatable bonds is 12. The molecule has 0 amide bonds. The number of benzene rings is 2. The fraction of sp³-hybridized carbons (Fsp3) is 0.455. The van der Waals surface area contributed by atoms with Crippen molar-refractivity contribution in [1.29, 1.82) is 0 Å². The Morgan fingerprint density at radius 3 is 2.58 bits per heavy atom. The molecule has 0 spiro atoms. The van der Waals surface area contributed by atoms with E-state index in [0.717, 1.165) is 40.7 Å². The lowest BCUT2D eigenvalue weighted by Gasteiger charge is -2.16. The van der Waals surface area contributed by atoms with Crippen molar-refractivity contribution < 1.29 is 9.47 Å². The molecule has 0 saturated heterocycles. The maximum atomic E-state index is 6.09. The van der Waals surface area contributed by atoms with Crippen LogP contribution in [-0.2, 0) is 13.2 Å². The van der Waals surface area contributed by atoms with Gasteiger partial charge in [-0.05, 0) is 36.7 Å². The van der Waals surface area contributed by atoms with Gasteiger partial charge in [-0.1, -0.05) is 68.5 Å². The van der Waals surface area contributed by atoms with Crippen LogP contribution in [0.15, 0.2) is 42.5 Å². The monoisotopic (exact) mass is 375 g/mol. The van der Waals surface area contributed by atoms with Crippen molar-refractivity contribution in [1.82, 2.24) is 5.32 Å². The molecule has 0 aromatic heterocycles. The van der Waals surface area contributed by atoms with E-state index < -0.39 is 0 Å². The number of hydrogen-bond donors (Lipinski definition) is 1. The second-order valence-electron chi connectivity index (χ2n) is 6.46. The molecular formula is C22H30ClNO2. The third-order valence-electron chi connectivity index (χ3n) is 4.33. The third kappa shape index (κ3) is 6.89. The highest BCUT2D eigenvalue weighted by atomic mass is 35.5. The van der Waals surface area contributed by atoms with Gasteiger partial charge in [0.05, 0.1) is 7.11 Å². The van der Waals surface area contributed by atoms with Gasteiger partial charge in [0.1, 0.15) is 6.61 Å². The zero-order chi connectivity index (χ0) is 18.6. The standard InChI is InChI=1S/C22H30ClNO2/c1-3-4-5-6-7-14-24-16-19-11-9-13-21(25-2)22(19)26-17-18-10-8-12-20(23)15-18/h8-13,15,24H,3-7,14,16-17H2,1-2H3. The molecule has 0 heterocycles. The molecule has 4 heteroatoms. The Morgan fingerprint density at radius 2 is 1.81 bits per heavy atom. The molecule has 2 aromatic rings. The van der Waals surface area contributed by atoms with Gasteiger partial charge < -0.3 is 14.8 Å². The van der Waals surface area contributed by atoms with Gasteiger partial charge in [0.15, 0.2) is 11.5 Å². The lowest BCUT2D eigenvalue weighted by atomic mass is 10.1. The summed E-state index contributed by atoms with van der Waals surface area (Å²) in [6.45, 7) is 4.50. The molecule has 0 fully saturated rings. The van der Waals surface area contributed by atoms with E-state index in [2.05, 4.69) is 18.3 Å². The maximum absolute atomic E-state index is 6.09. The van der Waals surface area contributed by atoms with Gasteiger partial charge in [-0.3, -0.25) is 0 Å². The number of nitrogens with one attached hydrogen (secondary N) is 1. The lowest BCUT2D eigenvalue weighted by molar-refractivity contribution is 0.280. The summed E-state index contributed by atoms with van der Waals surface area (Å²) >= 11 is 6.06. The molecule has 2 rings (SSSR count). The van der Waals surface area contributed by atoms with Crippen LogP contribution in [0.25, 0.3) is 0 Å². The van der Waals surface area contributed by atoms with E-state index in [-0.39, 0.29) is 0 Å². The minimum absolute atomic E-state index is 0.463. The van der Waals surface area contributed by atoms with E-state index in [4.69, 9.17) is 21.1 Å². The SMILES string of the molecule is CCCCCCCNCc1cccc(OC)c1OCc1cccc(Cl)c1. The van der Waals surface area contributed by atoms with Gasteiger partial charge in [0, 0.05) is 17.1 Å². The van der Waals surface area contributed by atoms with Crippen molar-refractivity contribution in [3.05, 3.63) is 58.6 Å². The number of hydrogen-bond acceptors (Lipinski definition) is 3. The first-order chi connectivity index (χ1) is 12.7. The molecule has 0 saturated carbocycles. The summed E-state index contributed by atoms with van der Waals surface area (Å²) in [4.78, 5) is 0.